The van der Waals surface area contributed by atoms with Crippen LogP contribution in [0.2, 0.25) is 0 Å². The second-order valence-electron chi connectivity index (χ2n) is 6.21. The van der Waals surface area contributed by atoms with E-state index in [1.165, 1.54) is 0 Å². The van der Waals surface area contributed by atoms with Crippen molar-refractivity contribution in [2.24, 2.45) is 0 Å². The van der Waals surface area contributed by atoms with Gasteiger partial charge in [0.2, 0.25) is 5.91 Å². The van der Waals surface area contributed by atoms with Crippen LogP contribution in [0.5, 0.6) is 0 Å². The lowest BCUT2D eigenvalue weighted by Gasteiger charge is -2.13. The maximum absolute atomic E-state index is 12.5. The van der Waals surface area contributed by atoms with Crippen LogP contribution in [0.25, 0.3) is 6.08 Å². The van der Waals surface area contributed by atoms with Crippen LogP contribution < -0.4 is 10.6 Å². The molecular weight excluding hydrogens is 374 g/mol. The van der Waals surface area contributed by atoms with Gasteiger partial charge in [0.25, 0.3) is 5.91 Å². The first-order valence-corrected chi connectivity index (χ1v) is 10.1. The average molecular weight is 395 g/mol. The molecule has 144 valence electrons. The molecule has 2 N–H and O–H groups in total. The minimum Gasteiger partial charge on any atom is -0.324 e. The van der Waals surface area contributed by atoms with Crippen LogP contribution in [-0.2, 0) is 16.0 Å². The highest BCUT2D eigenvalue weighted by Gasteiger charge is 2.34. The predicted octanol–water partition coefficient (Wildman–Crippen LogP) is 3.50. The largest absolute Gasteiger partial charge is 0.329 e. The van der Waals surface area contributed by atoms with Gasteiger partial charge in [-0.2, -0.15) is 0 Å². The lowest BCUT2D eigenvalue weighted by molar-refractivity contribution is -0.127. The van der Waals surface area contributed by atoms with Gasteiger partial charge in [0.1, 0.15) is 12.2 Å². The number of urea groups is 1. The number of imide groups is 1. The molecule has 0 saturated carbocycles. The topological polar surface area (TPSA) is 78.5 Å². The summed E-state index contributed by atoms with van der Waals surface area (Å²) in [6.07, 6.45) is 4.35. The van der Waals surface area contributed by atoms with Gasteiger partial charge in [0, 0.05) is 10.6 Å². The Morgan fingerprint density at radius 2 is 1.86 bits per heavy atom. The molecule has 1 aliphatic rings. The van der Waals surface area contributed by atoms with E-state index in [2.05, 4.69) is 10.6 Å². The van der Waals surface area contributed by atoms with Gasteiger partial charge in [0.05, 0.1) is 0 Å². The van der Waals surface area contributed by atoms with Crippen molar-refractivity contribution in [3.63, 3.8) is 0 Å². The molecule has 1 aliphatic heterocycles. The summed E-state index contributed by atoms with van der Waals surface area (Å²) in [6.45, 7) is 1.65. The molecule has 3 rings (SSSR count). The average Bonchev–Trinajstić information content (AvgIpc) is 2.96. The normalized spacial score (nSPS) is 15.1. The zero-order valence-electron chi connectivity index (χ0n) is 15.7. The molecule has 0 aromatic heterocycles. The molecule has 2 aromatic rings. The second-order valence-corrected chi connectivity index (χ2v) is 7.09. The smallest absolute Gasteiger partial charge is 0.324 e. The summed E-state index contributed by atoms with van der Waals surface area (Å²) in [6, 6.07) is 14.5. The number of carbonyl (C=O) groups excluding carboxylic acids is 3. The molecule has 6 nitrogen and oxygen atoms in total. The SMILES string of the molecule is CCc1ccccc1NC(=O)CN1C(=O)N/C(=C/c2ccc(SC)cc2)C1=O. The van der Waals surface area contributed by atoms with E-state index in [1.54, 1.807) is 23.9 Å². The number of aryl methyl sites for hydroxylation is 1. The summed E-state index contributed by atoms with van der Waals surface area (Å²) in [4.78, 5) is 39.1. The highest BCUT2D eigenvalue weighted by atomic mass is 32.2. The van der Waals surface area contributed by atoms with Crippen molar-refractivity contribution in [1.29, 1.82) is 0 Å². The van der Waals surface area contributed by atoms with Crippen LogP contribution in [-0.4, -0.2) is 35.5 Å². The van der Waals surface area contributed by atoms with E-state index in [-0.39, 0.29) is 12.2 Å². The van der Waals surface area contributed by atoms with Crippen LogP contribution in [0.15, 0.2) is 59.1 Å². The summed E-state index contributed by atoms with van der Waals surface area (Å²) in [5.74, 6) is -0.937. The number of hydrogen-bond donors (Lipinski definition) is 2. The molecular formula is C21H21N3O3S. The third-order valence-corrected chi connectivity index (χ3v) is 5.11. The van der Waals surface area contributed by atoms with E-state index in [4.69, 9.17) is 0 Å². The predicted molar refractivity (Wildman–Crippen MR) is 111 cm³/mol. The Morgan fingerprint density at radius 1 is 1.14 bits per heavy atom. The molecule has 0 aliphatic carbocycles. The Morgan fingerprint density at radius 3 is 2.54 bits per heavy atom. The molecule has 7 heteroatoms. The molecule has 2 aromatic carbocycles. The Bertz CT molecular complexity index is 938. The number of hydrogen-bond acceptors (Lipinski definition) is 4. The molecule has 0 bridgehead atoms. The van der Waals surface area contributed by atoms with Crippen LogP contribution >= 0.6 is 11.8 Å². The molecule has 4 amide bonds. The first-order chi connectivity index (χ1) is 13.5. The fraction of sp³-hybridized carbons (Fsp3) is 0.190. The van der Waals surface area contributed by atoms with E-state index in [0.717, 1.165) is 27.3 Å². The zero-order chi connectivity index (χ0) is 20.1. The number of para-hydroxylation sites is 1. The van der Waals surface area contributed by atoms with Gasteiger partial charge in [-0.05, 0) is 48.1 Å². The minimum absolute atomic E-state index is 0.156. The highest BCUT2D eigenvalue weighted by molar-refractivity contribution is 7.98. The lowest BCUT2D eigenvalue weighted by atomic mass is 10.1. The van der Waals surface area contributed by atoms with E-state index in [9.17, 15) is 14.4 Å². The van der Waals surface area contributed by atoms with Gasteiger partial charge in [-0.3, -0.25) is 9.59 Å². The van der Waals surface area contributed by atoms with Gasteiger partial charge in [0.15, 0.2) is 0 Å². The van der Waals surface area contributed by atoms with Crippen molar-refractivity contribution in [2.75, 3.05) is 18.1 Å². The number of nitrogens with zero attached hydrogens (tertiary/aromatic N) is 1. The Hall–Kier alpha value is -3.06. The van der Waals surface area contributed by atoms with Crippen LogP contribution in [0.1, 0.15) is 18.1 Å². The standard InChI is InChI=1S/C21H21N3O3S/c1-3-15-6-4-5-7-17(15)22-19(25)13-24-20(26)18(23-21(24)27)12-14-8-10-16(28-2)11-9-14/h4-12H,3,13H2,1-2H3,(H,22,25)(H,23,27)/b18-12+. The summed E-state index contributed by atoms with van der Waals surface area (Å²) < 4.78 is 0. The van der Waals surface area contributed by atoms with Crippen LogP contribution in [0.4, 0.5) is 10.5 Å². The van der Waals surface area contributed by atoms with E-state index >= 15 is 0 Å². The van der Waals surface area contributed by atoms with Crippen LogP contribution in [0.3, 0.4) is 0 Å². The summed E-state index contributed by atoms with van der Waals surface area (Å²) in [5, 5.41) is 5.31. The first kappa shape index (κ1) is 19.7. The van der Waals surface area contributed by atoms with Gasteiger partial charge in [-0.25, -0.2) is 9.69 Å². The number of thioether (sulfide) groups is 1. The molecule has 0 atom stereocenters. The molecule has 1 heterocycles. The molecule has 0 unspecified atom stereocenters. The quantitative estimate of drug-likeness (QED) is 0.446. The highest BCUT2D eigenvalue weighted by Crippen LogP contribution is 2.19. The van der Waals surface area contributed by atoms with Crippen molar-refractivity contribution in [3.8, 4) is 0 Å². The number of amides is 4. The maximum Gasteiger partial charge on any atom is 0.329 e. The van der Waals surface area contributed by atoms with E-state index in [0.29, 0.717) is 5.69 Å². The van der Waals surface area contributed by atoms with Crippen molar-refractivity contribution < 1.29 is 14.4 Å². The Balaban J connectivity index is 1.69. The fourth-order valence-electron chi connectivity index (χ4n) is 2.87. The van der Waals surface area contributed by atoms with Gasteiger partial charge in [-0.1, -0.05) is 37.3 Å². The zero-order valence-corrected chi connectivity index (χ0v) is 16.5. The third kappa shape index (κ3) is 4.43. The molecule has 0 radical (unpaired) electrons. The number of carbonyl (C=O) groups is 3. The van der Waals surface area contributed by atoms with Gasteiger partial charge >= 0.3 is 6.03 Å². The van der Waals surface area contributed by atoms with Gasteiger partial charge < -0.3 is 10.6 Å². The maximum atomic E-state index is 12.5. The summed E-state index contributed by atoms with van der Waals surface area (Å²) in [5.41, 5.74) is 2.63. The van der Waals surface area contributed by atoms with Gasteiger partial charge in [-0.15, -0.1) is 11.8 Å². The molecule has 28 heavy (non-hydrogen) atoms. The van der Waals surface area contributed by atoms with Crippen molar-refractivity contribution >= 4 is 41.4 Å². The third-order valence-electron chi connectivity index (χ3n) is 4.36. The fourth-order valence-corrected chi connectivity index (χ4v) is 3.27. The van der Waals surface area contributed by atoms with Crippen LogP contribution in [0, 0.1) is 0 Å². The van der Waals surface area contributed by atoms with Crippen molar-refractivity contribution in [2.45, 2.75) is 18.2 Å². The van der Waals surface area contributed by atoms with E-state index in [1.807, 2.05) is 55.6 Å². The number of rotatable bonds is 6. The monoisotopic (exact) mass is 395 g/mol. The number of nitrogens with one attached hydrogen (secondary N) is 2. The molecule has 1 fully saturated rings. The van der Waals surface area contributed by atoms with Crippen molar-refractivity contribution in [3.05, 3.63) is 65.4 Å². The lowest BCUT2D eigenvalue weighted by Crippen LogP contribution is -2.38. The second kappa shape index (κ2) is 8.75. The van der Waals surface area contributed by atoms with Crippen molar-refractivity contribution in [1.82, 2.24) is 10.2 Å². The summed E-state index contributed by atoms with van der Waals surface area (Å²) in [7, 11) is 0. The summed E-state index contributed by atoms with van der Waals surface area (Å²) >= 11 is 1.62. The Kier molecular flexibility index (Phi) is 6.16. The van der Waals surface area contributed by atoms with E-state index < -0.39 is 17.8 Å². The minimum atomic E-state index is -0.601. The number of benzene rings is 2. The number of anilines is 1. The molecule has 0 spiro atoms. The Labute approximate surface area is 168 Å². The molecule has 1 saturated heterocycles. The first-order valence-electron chi connectivity index (χ1n) is 8.88.